The Bertz CT molecular complexity index is 1030. The van der Waals surface area contributed by atoms with E-state index in [0.29, 0.717) is 22.2 Å². The molecule has 0 saturated heterocycles. The largest absolute Gasteiger partial charge is 0.482 e. The zero-order valence-electron chi connectivity index (χ0n) is 13.6. The minimum Gasteiger partial charge on any atom is -0.482 e. The lowest BCUT2D eigenvalue weighted by molar-refractivity contribution is -0.139. The van der Waals surface area contributed by atoms with E-state index >= 15 is 0 Å². The number of amides is 1. The average Bonchev–Trinajstić information content (AvgIpc) is 2.65. The fraction of sp³-hybridized carbons (Fsp3) is 0.111. The van der Waals surface area contributed by atoms with Crippen LogP contribution < -0.4 is 15.6 Å². The van der Waals surface area contributed by atoms with E-state index < -0.39 is 18.5 Å². The third-order valence-corrected chi connectivity index (χ3v) is 3.54. The van der Waals surface area contributed by atoms with Crippen LogP contribution in [0.4, 0.5) is 0 Å². The van der Waals surface area contributed by atoms with Gasteiger partial charge in [0.1, 0.15) is 5.75 Å². The van der Waals surface area contributed by atoms with Crippen LogP contribution in [0.2, 0.25) is 0 Å². The number of hydrogen-bond acceptors (Lipinski definition) is 5. The number of benzene rings is 2. The molecule has 0 atom stereocenters. The standard InChI is InChI=1S/C18H15N3O5/c22-15(23)10-26-12-5-3-4-11(8-12)9-19-18(25)16-20-14-7-2-1-6-13(14)17(24)21-16/h1-8H,9-10H2,(H,19,25)(H,22,23)(H,20,21,24). The first-order valence-corrected chi connectivity index (χ1v) is 7.74. The molecule has 3 rings (SSSR count). The molecular formula is C18H15N3O5. The molecule has 132 valence electrons. The summed E-state index contributed by atoms with van der Waals surface area (Å²) >= 11 is 0. The van der Waals surface area contributed by atoms with E-state index in [1.807, 2.05) is 0 Å². The van der Waals surface area contributed by atoms with Gasteiger partial charge in [-0.05, 0) is 29.8 Å². The molecule has 0 saturated carbocycles. The van der Waals surface area contributed by atoms with Crippen molar-refractivity contribution in [1.82, 2.24) is 15.3 Å². The highest BCUT2D eigenvalue weighted by Crippen LogP contribution is 2.13. The Morgan fingerprint density at radius 1 is 1.15 bits per heavy atom. The lowest BCUT2D eigenvalue weighted by atomic mass is 10.2. The molecule has 0 fully saturated rings. The van der Waals surface area contributed by atoms with Gasteiger partial charge in [0.15, 0.2) is 12.4 Å². The van der Waals surface area contributed by atoms with Crippen molar-refractivity contribution in [3.63, 3.8) is 0 Å². The molecule has 0 spiro atoms. The molecule has 26 heavy (non-hydrogen) atoms. The van der Waals surface area contributed by atoms with Crippen molar-refractivity contribution in [1.29, 1.82) is 0 Å². The van der Waals surface area contributed by atoms with Gasteiger partial charge in [0.25, 0.3) is 11.5 Å². The Labute approximate surface area is 147 Å². The number of aromatic nitrogens is 2. The maximum absolute atomic E-state index is 12.3. The van der Waals surface area contributed by atoms with Crippen molar-refractivity contribution < 1.29 is 19.4 Å². The summed E-state index contributed by atoms with van der Waals surface area (Å²) in [4.78, 5) is 41.4. The van der Waals surface area contributed by atoms with Gasteiger partial charge >= 0.3 is 5.97 Å². The summed E-state index contributed by atoms with van der Waals surface area (Å²) < 4.78 is 5.09. The van der Waals surface area contributed by atoms with E-state index in [2.05, 4.69) is 15.3 Å². The van der Waals surface area contributed by atoms with Crippen LogP contribution in [0.15, 0.2) is 53.3 Å². The second kappa shape index (κ2) is 7.47. The van der Waals surface area contributed by atoms with Crippen molar-refractivity contribution in [2.24, 2.45) is 0 Å². The van der Waals surface area contributed by atoms with Crippen molar-refractivity contribution in [2.45, 2.75) is 6.54 Å². The van der Waals surface area contributed by atoms with E-state index in [9.17, 15) is 14.4 Å². The van der Waals surface area contributed by atoms with Crippen molar-refractivity contribution in [3.05, 3.63) is 70.3 Å². The minimum absolute atomic E-state index is 0.0769. The van der Waals surface area contributed by atoms with Crippen molar-refractivity contribution in [2.75, 3.05) is 6.61 Å². The molecule has 3 N–H and O–H groups in total. The maximum Gasteiger partial charge on any atom is 0.341 e. The smallest absolute Gasteiger partial charge is 0.341 e. The molecule has 1 amide bonds. The third-order valence-electron chi connectivity index (χ3n) is 3.54. The fourth-order valence-electron chi connectivity index (χ4n) is 2.35. The summed E-state index contributed by atoms with van der Waals surface area (Å²) in [5, 5.41) is 11.7. The van der Waals surface area contributed by atoms with Gasteiger partial charge in [-0.15, -0.1) is 0 Å². The molecular weight excluding hydrogens is 338 g/mol. The van der Waals surface area contributed by atoms with Crippen LogP contribution in [0, 0.1) is 0 Å². The second-order valence-electron chi connectivity index (χ2n) is 5.44. The molecule has 0 aliphatic heterocycles. The summed E-state index contributed by atoms with van der Waals surface area (Å²) in [5.74, 6) is -1.29. The van der Waals surface area contributed by atoms with Crippen LogP contribution in [0.5, 0.6) is 5.75 Å². The van der Waals surface area contributed by atoms with Gasteiger partial charge in [0.05, 0.1) is 10.9 Å². The number of para-hydroxylation sites is 1. The summed E-state index contributed by atoms with van der Waals surface area (Å²) in [6.45, 7) is -0.280. The Morgan fingerprint density at radius 2 is 1.96 bits per heavy atom. The Balaban J connectivity index is 1.70. The molecule has 0 aliphatic rings. The molecule has 8 nitrogen and oxygen atoms in total. The average molecular weight is 353 g/mol. The van der Waals surface area contributed by atoms with Gasteiger partial charge in [-0.1, -0.05) is 24.3 Å². The van der Waals surface area contributed by atoms with Crippen LogP contribution >= 0.6 is 0 Å². The number of rotatable bonds is 6. The van der Waals surface area contributed by atoms with Crippen LogP contribution in [-0.2, 0) is 11.3 Å². The maximum atomic E-state index is 12.3. The number of carboxylic acids is 1. The van der Waals surface area contributed by atoms with Crippen LogP contribution in [-0.4, -0.2) is 33.6 Å². The molecule has 3 aromatic rings. The molecule has 0 aliphatic carbocycles. The number of carbonyl (C=O) groups is 2. The first-order chi connectivity index (χ1) is 12.5. The minimum atomic E-state index is -1.07. The highest BCUT2D eigenvalue weighted by atomic mass is 16.5. The second-order valence-corrected chi connectivity index (χ2v) is 5.44. The number of hydrogen-bond donors (Lipinski definition) is 3. The predicted molar refractivity (Wildman–Crippen MR) is 93.1 cm³/mol. The predicted octanol–water partition coefficient (Wildman–Crippen LogP) is 1.32. The number of carboxylic acid groups (broad SMARTS) is 1. The number of nitrogens with one attached hydrogen (secondary N) is 2. The summed E-state index contributed by atoms with van der Waals surface area (Å²) in [5.41, 5.74) is 0.764. The monoisotopic (exact) mass is 353 g/mol. The quantitative estimate of drug-likeness (QED) is 0.614. The highest BCUT2D eigenvalue weighted by Gasteiger charge is 2.11. The SMILES string of the molecule is O=C(O)COc1cccc(CNC(=O)c2nc3ccccc3c(=O)[nH]2)c1. The summed E-state index contributed by atoms with van der Waals surface area (Å²) in [6, 6.07) is 13.4. The highest BCUT2D eigenvalue weighted by molar-refractivity contribution is 5.92. The van der Waals surface area contributed by atoms with Crippen LogP contribution in [0.25, 0.3) is 10.9 Å². The topological polar surface area (TPSA) is 121 Å². The number of fused-ring (bicyclic) bond motifs is 1. The fourth-order valence-corrected chi connectivity index (χ4v) is 2.35. The zero-order chi connectivity index (χ0) is 18.5. The molecule has 8 heteroatoms. The van der Waals surface area contributed by atoms with Gasteiger partial charge in [-0.2, -0.15) is 0 Å². The Hall–Kier alpha value is -3.68. The first-order valence-electron chi connectivity index (χ1n) is 7.74. The van der Waals surface area contributed by atoms with Gasteiger partial charge in [0.2, 0.25) is 0 Å². The number of H-pyrrole nitrogens is 1. The van der Waals surface area contributed by atoms with E-state index in [1.54, 1.807) is 48.5 Å². The molecule has 2 aromatic carbocycles. The molecule has 0 unspecified atom stereocenters. The van der Waals surface area contributed by atoms with Crippen molar-refractivity contribution >= 4 is 22.8 Å². The lowest BCUT2D eigenvalue weighted by Crippen LogP contribution is -2.27. The Morgan fingerprint density at radius 3 is 2.77 bits per heavy atom. The van der Waals surface area contributed by atoms with E-state index in [-0.39, 0.29) is 17.9 Å². The van der Waals surface area contributed by atoms with Gasteiger partial charge in [-0.3, -0.25) is 9.59 Å². The Kier molecular flexibility index (Phi) is 4.93. The van der Waals surface area contributed by atoms with Crippen molar-refractivity contribution in [3.8, 4) is 5.75 Å². The van der Waals surface area contributed by atoms with Gasteiger partial charge in [-0.25, -0.2) is 9.78 Å². The third kappa shape index (κ3) is 4.04. The van der Waals surface area contributed by atoms with E-state index in [0.717, 1.165) is 0 Å². The normalized spacial score (nSPS) is 10.5. The molecule has 0 radical (unpaired) electrons. The number of aliphatic carboxylic acids is 1. The number of ether oxygens (including phenoxy) is 1. The number of carbonyl (C=O) groups excluding carboxylic acids is 1. The van der Waals surface area contributed by atoms with Gasteiger partial charge in [0, 0.05) is 6.54 Å². The first kappa shape index (κ1) is 17.2. The van der Waals surface area contributed by atoms with Crippen LogP contribution in [0.1, 0.15) is 16.2 Å². The van der Waals surface area contributed by atoms with Crippen LogP contribution in [0.3, 0.4) is 0 Å². The van der Waals surface area contributed by atoms with E-state index in [1.165, 1.54) is 0 Å². The molecule has 1 heterocycles. The summed E-state index contributed by atoms with van der Waals surface area (Å²) in [6.07, 6.45) is 0. The van der Waals surface area contributed by atoms with E-state index in [4.69, 9.17) is 9.84 Å². The summed E-state index contributed by atoms with van der Waals surface area (Å²) in [7, 11) is 0. The van der Waals surface area contributed by atoms with Gasteiger partial charge < -0.3 is 20.1 Å². The molecule has 0 bridgehead atoms. The number of nitrogens with zero attached hydrogens (tertiary/aromatic N) is 1. The molecule has 1 aromatic heterocycles. The zero-order valence-corrected chi connectivity index (χ0v) is 13.6. The number of aromatic amines is 1. The lowest BCUT2D eigenvalue weighted by Gasteiger charge is -2.08.